The van der Waals surface area contributed by atoms with Gasteiger partial charge in [0.2, 0.25) is 26.0 Å². The minimum atomic E-state index is -3.72. The number of piperidine rings is 1. The van der Waals surface area contributed by atoms with Crippen LogP contribution >= 0.6 is 11.6 Å². The van der Waals surface area contributed by atoms with Crippen molar-refractivity contribution in [3.63, 3.8) is 0 Å². The van der Waals surface area contributed by atoms with Crippen LogP contribution in [0.2, 0.25) is 5.02 Å². The Hall–Kier alpha value is -1.98. The van der Waals surface area contributed by atoms with Crippen LogP contribution in [0.4, 0.5) is 0 Å². The van der Waals surface area contributed by atoms with Crippen LogP contribution in [-0.2, 0) is 24.8 Å². The van der Waals surface area contributed by atoms with E-state index >= 15 is 0 Å². The predicted octanol–water partition coefficient (Wildman–Crippen LogP) is 2.27. The summed E-state index contributed by atoms with van der Waals surface area (Å²) in [6.45, 7) is 1.46. The fourth-order valence-electron chi connectivity index (χ4n) is 4.27. The van der Waals surface area contributed by atoms with Crippen LogP contribution in [0, 0.1) is 5.92 Å². The number of sulfonamides is 2. The Labute approximate surface area is 199 Å². The molecule has 2 aliphatic rings. The molecule has 0 bridgehead atoms. The molecule has 1 amide bonds. The minimum Gasteiger partial charge on any atom is -0.340 e. The summed E-state index contributed by atoms with van der Waals surface area (Å²) in [6, 6.07) is 14.2. The van der Waals surface area contributed by atoms with Crippen molar-refractivity contribution in [2.24, 2.45) is 5.92 Å². The number of piperazine rings is 1. The van der Waals surface area contributed by atoms with Gasteiger partial charge in [0.15, 0.2) is 0 Å². The molecule has 0 spiro atoms. The molecule has 0 radical (unpaired) electrons. The largest absolute Gasteiger partial charge is 0.340 e. The molecule has 2 aromatic carbocycles. The van der Waals surface area contributed by atoms with Crippen molar-refractivity contribution in [2.45, 2.75) is 22.6 Å². The van der Waals surface area contributed by atoms with Crippen LogP contribution in [0.25, 0.3) is 0 Å². The number of nitrogens with zero attached hydrogens (tertiary/aromatic N) is 3. The quantitative estimate of drug-likeness (QED) is 0.613. The van der Waals surface area contributed by atoms with Gasteiger partial charge in [-0.3, -0.25) is 4.79 Å². The van der Waals surface area contributed by atoms with Gasteiger partial charge in [0.05, 0.1) is 15.7 Å². The number of hydrogen-bond donors (Lipinski definition) is 0. The highest BCUT2D eigenvalue weighted by molar-refractivity contribution is 7.89. The van der Waals surface area contributed by atoms with Gasteiger partial charge < -0.3 is 4.90 Å². The number of carbonyl (C=O) groups excluding carboxylic acids is 1. The van der Waals surface area contributed by atoms with Crippen molar-refractivity contribution in [3.8, 4) is 0 Å². The van der Waals surface area contributed by atoms with E-state index in [0.29, 0.717) is 24.4 Å². The van der Waals surface area contributed by atoms with E-state index in [9.17, 15) is 21.6 Å². The molecule has 0 N–H and O–H groups in total. The summed E-state index contributed by atoms with van der Waals surface area (Å²) in [5, 5.41) is 0.453. The molecule has 2 saturated heterocycles. The minimum absolute atomic E-state index is 0.117. The topological polar surface area (TPSA) is 95.1 Å². The van der Waals surface area contributed by atoms with Gasteiger partial charge in [-0.25, -0.2) is 16.8 Å². The first-order valence-electron chi connectivity index (χ1n) is 10.8. The van der Waals surface area contributed by atoms with Crippen LogP contribution in [0.15, 0.2) is 64.4 Å². The lowest BCUT2D eigenvalue weighted by molar-refractivity contribution is -0.137. The molecular formula is C22H26ClN3O5S2. The summed E-state index contributed by atoms with van der Waals surface area (Å²) < 4.78 is 54.4. The highest BCUT2D eigenvalue weighted by atomic mass is 35.5. The maximum absolute atomic E-state index is 13.2. The normalized spacial score (nSPS) is 21.1. The van der Waals surface area contributed by atoms with Crippen molar-refractivity contribution in [2.75, 3.05) is 39.3 Å². The number of benzene rings is 2. The molecule has 11 heteroatoms. The van der Waals surface area contributed by atoms with E-state index in [0.717, 1.165) is 0 Å². The third-order valence-electron chi connectivity index (χ3n) is 6.12. The Morgan fingerprint density at radius 3 is 1.97 bits per heavy atom. The van der Waals surface area contributed by atoms with Gasteiger partial charge in [-0.2, -0.15) is 8.61 Å². The third kappa shape index (κ3) is 5.09. The zero-order valence-electron chi connectivity index (χ0n) is 18.0. The second kappa shape index (κ2) is 9.71. The van der Waals surface area contributed by atoms with Gasteiger partial charge in [-0.1, -0.05) is 29.8 Å². The first-order chi connectivity index (χ1) is 15.7. The summed E-state index contributed by atoms with van der Waals surface area (Å²) in [7, 11) is -7.32. The maximum atomic E-state index is 13.2. The van der Waals surface area contributed by atoms with Crippen LogP contribution in [-0.4, -0.2) is 75.5 Å². The molecule has 0 aromatic heterocycles. The van der Waals surface area contributed by atoms with Crippen molar-refractivity contribution in [1.29, 1.82) is 0 Å². The Kier molecular flexibility index (Phi) is 7.11. The molecule has 178 valence electrons. The number of hydrogen-bond acceptors (Lipinski definition) is 5. The molecule has 33 heavy (non-hydrogen) atoms. The number of amides is 1. The Balaban J connectivity index is 1.39. The van der Waals surface area contributed by atoms with E-state index in [-0.39, 0.29) is 48.4 Å². The molecule has 0 unspecified atom stereocenters. The summed E-state index contributed by atoms with van der Waals surface area (Å²) in [6.07, 6.45) is 1.19. The molecular weight excluding hydrogens is 486 g/mol. The number of carbonyl (C=O) groups is 1. The zero-order valence-corrected chi connectivity index (χ0v) is 20.4. The van der Waals surface area contributed by atoms with Gasteiger partial charge >= 0.3 is 0 Å². The molecule has 0 saturated carbocycles. The van der Waals surface area contributed by atoms with E-state index in [2.05, 4.69) is 0 Å². The van der Waals surface area contributed by atoms with E-state index < -0.39 is 26.0 Å². The molecule has 1 atom stereocenters. The fraction of sp³-hybridized carbons (Fsp3) is 0.409. The first-order valence-corrected chi connectivity index (χ1v) is 14.0. The molecule has 0 aliphatic carbocycles. The van der Waals surface area contributed by atoms with Gasteiger partial charge in [-0.05, 0) is 49.2 Å². The standard InChI is InChI=1S/C22H26ClN3O5S2/c23-19-8-10-21(11-9-19)33(30,31)26-12-4-5-18(17-26)22(27)24-13-15-25(16-14-24)32(28,29)20-6-2-1-3-7-20/h1-3,6-11,18H,4-5,12-17H2/t18-/m1/s1. The van der Waals surface area contributed by atoms with E-state index in [1.54, 1.807) is 35.2 Å². The predicted molar refractivity (Wildman–Crippen MR) is 125 cm³/mol. The van der Waals surface area contributed by atoms with E-state index in [1.807, 2.05) is 0 Å². The SMILES string of the molecule is O=C([C@@H]1CCCN(S(=O)(=O)c2ccc(Cl)cc2)C1)N1CCN(S(=O)(=O)c2ccccc2)CC1. The first kappa shape index (κ1) is 24.2. The van der Waals surface area contributed by atoms with E-state index in [4.69, 9.17) is 11.6 Å². The van der Waals surface area contributed by atoms with Crippen LogP contribution in [0.5, 0.6) is 0 Å². The average molecular weight is 512 g/mol. The lowest BCUT2D eigenvalue weighted by Crippen LogP contribution is -2.54. The van der Waals surface area contributed by atoms with Crippen molar-refractivity contribution >= 4 is 37.6 Å². The van der Waals surface area contributed by atoms with Gasteiger partial charge in [0.25, 0.3) is 0 Å². The molecule has 2 aromatic rings. The number of rotatable bonds is 5. The van der Waals surface area contributed by atoms with Crippen molar-refractivity contribution in [3.05, 3.63) is 59.6 Å². The zero-order chi connectivity index (χ0) is 23.6. The van der Waals surface area contributed by atoms with Crippen LogP contribution in [0.3, 0.4) is 0 Å². The van der Waals surface area contributed by atoms with Crippen molar-refractivity contribution < 1.29 is 21.6 Å². The van der Waals surface area contributed by atoms with Gasteiger partial charge in [0, 0.05) is 44.3 Å². The van der Waals surface area contributed by atoms with Gasteiger partial charge in [-0.15, -0.1) is 0 Å². The lowest BCUT2D eigenvalue weighted by atomic mass is 9.98. The fourth-order valence-corrected chi connectivity index (χ4v) is 7.36. The highest BCUT2D eigenvalue weighted by Crippen LogP contribution is 2.26. The Morgan fingerprint density at radius 1 is 0.758 bits per heavy atom. The molecule has 2 aliphatic heterocycles. The monoisotopic (exact) mass is 511 g/mol. The average Bonchev–Trinajstić information content (AvgIpc) is 2.84. The molecule has 2 heterocycles. The lowest BCUT2D eigenvalue weighted by Gasteiger charge is -2.38. The second-order valence-electron chi connectivity index (χ2n) is 8.20. The summed E-state index contributed by atoms with van der Waals surface area (Å²) in [4.78, 5) is 15.2. The van der Waals surface area contributed by atoms with Gasteiger partial charge in [0.1, 0.15) is 0 Å². The van der Waals surface area contributed by atoms with Crippen molar-refractivity contribution in [1.82, 2.24) is 13.5 Å². The number of halogens is 1. The Bertz CT molecular complexity index is 1200. The summed E-state index contributed by atoms with van der Waals surface area (Å²) >= 11 is 5.87. The smallest absolute Gasteiger partial charge is 0.243 e. The third-order valence-corrected chi connectivity index (χ3v) is 10.2. The van der Waals surface area contributed by atoms with Crippen LogP contribution in [0.1, 0.15) is 12.8 Å². The Morgan fingerprint density at radius 2 is 1.33 bits per heavy atom. The summed E-state index contributed by atoms with van der Waals surface area (Å²) in [5.41, 5.74) is 0. The van der Waals surface area contributed by atoms with E-state index in [1.165, 1.54) is 32.9 Å². The summed E-state index contributed by atoms with van der Waals surface area (Å²) in [5.74, 6) is -0.569. The molecule has 8 nitrogen and oxygen atoms in total. The van der Waals surface area contributed by atoms with Crippen LogP contribution < -0.4 is 0 Å². The maximum Gasteiger partial charge on any atom is 0.243 e. The molecule has 2 fully saturated rings. The highest BCUT2D eigenvalue weighted by Gasteiger charge is 2.37. The molecule has 4 rings (SSSR count). The second-order valence-corrected chi connectivity index (χ2v) is 12.5.